The van der Waals surface area contributed by atoms with Gasteiger partial charge >= 0.3 is 5.97 Å². The summed E-state index contributed by atoms with van der Waals surface area (Å²) >= 11 is 1.53. The van der Waals surface area contributed by atoms with E-state index < -0.39 is 18.4 Å². The van der Waals surface area contributed by atoms with E-state index >= 15 is 0 Å². The van der Waals surface area contributed by atoms with Crippen LogP contribution in [0.1, 0.15) is 55.4 Å². The van der Waals surface area contributed by atoms with Crippen LogP contribution in [0, 0.1) is 5.92 Å². The molecule has 286 valence electrons. The average Bonchev–Trinajstić information content (AvgIpc) is 3.67. The lowest BCUT2D eigenvalue weighted by Gasteiger charge is -2.41. The minimum Gasteiger partial charge on any atom is -0.453 e. The van der Waals surface area contributed by atoms with E-state index in [1.165, 1.54) is 18.7 Å². The number of nitrogens with one attached hydrogen (secondary N) is 1. The van der Waals surface area contributed by atoms with Gasteiger partial charge in [0.2, 0.25) is 0 Å². The third-order valence-corrected chi connectivity index (χ3v) is 10.7. The van der Waals surface area contributed by atoms with Crippen molar-refractivity contribution in [2.45, 2.75) is 63.7 Å². The number of aliphatic hydroxyl groups excluding tert-OH is 1. The molecule has 1 aliphatic heterocycles. The Bertz CT molecular complexity index is 2170. The Morgan fingerprint density at radius 3 is 2.12 bits per heavy atom. The minimum atomic E-state index is -0.866. The maximum Gasteiger partial charge on any atom is 0.303 e. The highest BCUT2D eigenvalue weighted by molar-refractivity contribution is 7.99. The number of rotatable bonds is 13. The first-order valence-corrected chi connectivity index (χ1v) is 19.6. The Balaban J connectivity index is 1.10. The predicted octanol–water partition coefficient (Wildman–Crippen LogP) is 9.32. The molecule has 1 amide bonds. The van der Waals surface area contributed by atoms with Gasteiger partial charge in [-0.25, -0.2) is 4.98 Å². The van der Waals surface area contributed by atoms with E-state index in [0.29, 0.717) is 17.5 Å². The number of oxazole rings is 1. The van der Waals surface area contributed by atoms with Crippen LogP contribution in [0.5, 0.6) is 0 Å². The van der Waals surface area contributed by atoms with Gasteiger partial charge in [-0.15, -0.1) is 0 Å². The molecule has 0 spiro atoms. The summed E-state index contributed by atoms with van der Waals surface area (Å²) in [6.45, 7) is 5.24. The van der Waals surface area contributed by atoms with Crippen molar-refractivity contribution in [2.24, 2.45) is 5.92 Å². The molecule has 0 bridgehead atoms. The van der Waals surface area contributed by atoms with Crippen molar-refractivity contribution < 1.29 is 33.3 Å². The molecule has 0 saturated carbocycles. The monoisotopic (exact) mass is 768 g/mol. The second-order valence-electron chi connectivity index (χ2n) is 13.8. The minimum absolute atomic E-state index is 0.0182. The summed E-state index contributed by atoms with van der Waals surface area (Å²) in [6.07, 6.45) is -2.00. The SMILES string of the molecule is CC(=O)O[C@@H](C)C(=O)NCc1cccc(-c2ccc([C@@H]3O[C@H](CSc4nc(-c5ccccc5)c(-c5ccccc5)o4)[C@H](C)[C@H](c4ccc(CO)cc4)O3)cc2)c1. The number of hydrogen-bond acceptors (Lipinski definition) is 9. The Morgan fingerprint density at radius 1 is 0.786 bits per heavy atom. The average molecular weight is 769 g/mol. The summed E-state index contributed by atoms with van der Waals surface area (Å²) in [6, 6.07) is 44.0. The van der Waals surface area contributed by atoms with Crippen LogP contribution in [0.15, 0.2) is 143 Å². The third-order valence-electron chi connectivity index (χ3n) is 9.81. The van der Waals surface area contributed by atoms with E-state index in [2.05, 4.69) is 12.2 Å². The Labute approximate surface area is 331 Å². The maximum atomic E-state index is 12.4. The highest BCUT2D eigenvalue weighted by atomic mass is 32.2. The van der Waals surface area contributed by atoms with Gasteiger partial charge in [0.05, 0.1) is 18.8 Å². The first-order valence-electron chi connectivity index (χ1n) is 18.6. The molecule has 2 N–H and O–H groups in total. The van der Waals surface area contributed by atoms with E-state index in [0.717, 1.165) is 56.0 Å². The maximum absolute atomic E-state index is 12.4. The summed E-state index contributed by atoms with van der Waals surface area (Å²) in [4.78, 5) is 28.6. The lowest BCUT2D eigenvalue weighted by Crippen LogP contribution is -2.38. The van der Waals surface area contributed by atoms with Gasteiger partial charge in [-0.3, -0.25) is 9.59 Å². The first kappa shape index (κ1) is 38.7. The molecule has 2 heterocycles. The van der Waals surface area contributed by atoms with Gasteiger partial charge in [0, 0.05) is 41.8 Å². The smallest absolute Gasteiger partial charge is 0.303 e. The van der Waals surface area contributed by atoms with Crippen LogP contribution in [0.3, 0.4) is 0 Å². The van der Waals surface area contributed by atoms with E-state index in [4.69, 9.17) is 23.6 Å². The van der Waals surface area contributed by atoms with Crippen LogP contribution < -0.4 is 5.32 Å². The predicted molar refractivity (Wildman–Crippen MR) is 216 cm³/mol. The summed E-state index contributed by atoms with van der Waals surface area (Å²) < 4.78 is 24.9. The number of hydrogen-bond donors (Lipinski definition) is 2. The number of carbonyl (C=O) groups excluding carboxylic acids is 2. The van der Waals surface area contributed by atoms with Gasteiger partial charge in [-0.05, 0) is 40.8 Å². The molecule has 56 heavy (non-hydrogen) atoms. The molecule has 10 heteroatoms. The van der Waals surface area contributed by atoms with Crippen LogP contribution in [-0.2, 0) is 37.0 Å². The van der Waals surface area contributed by atoms with Gasteiger partial charge < -0.3 is 29.1 Å². The number of carbonyl (C=O) groups is 2. The largest absolute Gasteiger partial charge is 0.453 e. The molecule has 0 aliphatic carbocycles. The molecule has 9 nitrogen and oxygen atoms in total. The van der Waals surface area contributed by atoms with Gasteiger partial charge in [-0.1, -0.05) is 146 Å². The normalized spacial score (nSPS) is 18.6. The lowest BCUT2D eigenvalue weighted by atomic mass is 9.91. The van der Waals surface area contributed by atoms with E-state index in [-0.39, 0.29) is 30.6 Å². The second kappa shape index (κ2) is 18.0. The van der Waals surface area contributed by atoms with Crippen LogP contribution in [0.25, 0.3) is 33.7 Å². The van der Waals surface area contributed by atoms with Gasteiger partial charge in [-0.2, -0.15) is 0 Å². The summed E-state index contributed by atoms with van der Waals surface area (Å²) in [5, 5.41) is 13.1. The fourth-order valence-corrected chi connectivity index (χ4v) is 7.72. The highest BCUT2D eigenvalue weighted by Crippen LogP contribution is 2.44. The zero-order chi connectivity index (χ0) is 39.0. The number of thioether (sulfide) groups is 1. The van der Waals surface area contributed by atoms with Gasteiger partial charge in [0.25, 0.3) is 11.1 Å². The third kappa shape index (κ3) is 9.29. The van der Waals surface area contributed by atoms with Crippen molar-refractivity contribution in [3.63, 3.8) is 0 Å². The summed E-state index contributed by atoms with van der Waals surface area (Å²) in [5.41, 5.74) is 8.36. The Hall–Kier alpha value is -5.52. The number of aliphatic hydroxyl groups is 1. The number of ether oxygens (including phenoxy) is 3. The number of aromatic nitrogens is 1. The number of amides is 1. The number of nitrogens with zero attached hydrogens (tertiary/aromatic N) is 1. The van der Waals surface area contributed by atoms with Crippen molar-refractivity contribution in [2.75, 3.05) is 5.75 Å². The van der Waals surface area contributed by atoms with Crippen LogP contribution in [0.4, 0.5) is 0 Å². The Kier molecular flexibility index (Phi) is 12.4. The first-order chi connectivity index (χ1) is 27.2. The molecule has 1 aliphatic rings. The number of esters is 1. The zero-order valence-electron chi connectivity index (χ0n) is 31.5. The second-order valence-corrected chi connectivity index (χ2v) is 14.8. The standard InChI is InChI=1S/C46H44N2O7S/c1-29-40(28-56-46-48-41(35-12-6-4-7-13-35)43(55-46)36-14-8-5-9-15-36)53-45(54-42(29)37-19-17-32(27-49)18-20-37)38-23-21-34(22-24-38)39-16-10-11-33(25-39)26-47-44(51)30(2)52-31(3)50/h4-25,29-30,40,42,45,49H,26-28H2,1-3H3,(H,47,51)/t29-,30-,40+,42+,45+/m0/s1. The van der Waals surface area contributed by atoms with Crippen molar-refractivity contribution >= 4 is 23.6 Å². The fourth-order valence-electron chi connectivity index (χ4n) is 6.73. The summed E-state index contributed by atoms with van der Waals surface area (Å²) in [7, 11) is 0. The Morgan fingerprint density at radius 2 is 1.45 bits per heavy atom. The van der Waals surface area contributed by atoms with Crippen molar-refractivity contribution in [3.05, 3.63) is 156 Å². The molecule has 7 rings (SSSR count). The van der Waals surface area contributed by atoms with Crippen LogP contribution >= 0.6 is 11.8 Å². The molecule has 0 radical (unpaired) electrons. The molecule has 1 aromatic heterocycles. The topological polar surface area (TPSA) is 120 Å². The molecule has 6 aromatic rings. The summed E-state index contributed by atoms with van der Waals surface area (Å²) in [5.74, 6) is 0.431. The van der Waals surface area contributed by atoms with Crippen molar-refractivity contribution in [1.29, 1.82) is 0 Å². The van der Waals surface area contributed by atoms with Crippen molar-refractivity contribution in [1.82, 2.24) is 10.3 Å². The molecule has 5 atom stereocenters. The molecular formula is C46H44N2O7S. The molecule has 1 fully saturated rings. The number of benzene rings is 5. The highest BCUT2D eigenvalue weighted by Gasteiger charge is 2.38. The molecule has 1 saturated heterocycles. The molecule has 5 aromatic carbocycles. The molecular weight excluding hydrogens is 725 g/mol. The fraction of sp³-hybridized carbons (Fsp3) is 0.239. The van der Waals surface area contributed by atoms with E-state index in [9.17, 15) is 14.7 Å². The van der Waals surface area contributed by atoms with E-state index in [1.54, 1.807) is 6.92 Å². The van der Waals surface area contributed by atoms with Crippen molar-refractivity contribution in [3.8, 4) is 33.7 Å². The zero-order valence-corrected chi connectivity index (χ0v) is 32.3. The van der Waals surface area contributed by atoms with Gasteiger partial charge in [0.15, 0.2) is 18.2 Å². The molecule has 0 unspecified atom stereocenters. The quantitative estimate of drug-likeness (QED) is 0.0875. The van der Waals surface area contributed by atoms with Crippen LogP contribution in [-0.4, -0.2) is 39.9 Å². The lowest BCUT2D eigenvalue weighted by molar-refractivity contribution is -0.268. The van der Waals surface area contributed by atoms with Gasteiger partial charge in [0.1, 0.15) is 5.69 Å². The van der Waals surface area contributed by atoms with E-state index in [1.807, 2.05) is 133 Å². The van der Waals surface area contributed by atoms with Crippen LogP contribution in [0.2, 0.25) is 0 Å².